The number of amides is 1. The number of fused-ring (bicyclic) bond motifs is 1. The Morgan fingerprint density at radius 1 is 1.19 bits per heavy atom. The summed E-state index contributed by atoms with van der Waals surface area (Å²) in [5.41, 5.74) is 1.58. The molecule has 2 N–H and O–H groups in total. The Labute approximate surface area is 130 Å². The van der Waals surface area contributed by atoms with Crippen molar-refractivity contribution in [1.82, 2.24) is 4.57 Å². The van der Waals surface area contributed by atoms with Crippen LogP contribution in [0, 0.1) is 0 Å². The summed E-state index contributed by atoms with van der Waals surface area (Å²) in [6.07, 6.45) is 1.89. The number of benzene rings is 2. The molecular weight excluding hydrogens is 332 g/mol. The molecule has 0 aliphatic heterocycles. The molecular formula is C16H13BrN2O2. The zero-order valence-electron chi connectivity index (χ0n) is 11.1. The highest BCUT2D eigenvalue weighted by atomic mass is 79.9. The zero-order chi connectivity index (χ0) is 14.8. The molecule has 1 amide bonds. The van der Waals surface area contributed by atoms with Gasteiger partial charge in [-0.2, -0.15) is 0 Å². The van der Waals surface area contributed by atoms with Crippen LogP contribution in [0.3, 0.4) is 0 Å². The van der Waals surface area contributed by atoms with Gasteiger partial charge in [-0.3, -0.25) is 4.79 Å². The number of carbonyl (C=O) groups excluding carboxylic acids is 1. The van der Waals surface area contributed by atoms with Gasteiger partial charge in [-0.15, -0.1) is 0 Å². The minimum atomic E-state index is -0.141. The van der Waals surface area contributed by atoms with E-state index in [-0.39, 0.29) is 18.2 Å². The molecule has 21 heavy (non-hydrogen) atoms. The smallest absolute Gasteiger partial charge is 0.244 e. The van der Waals surface area contributed by atoms with Crippen molar-refractivity contribution in [3.8, 4) is 5.75 Å². The maximum atomic E-state index is 12.1. The SMILES string of the molecule is O=C(Cn1ccc2ccc(Br)cc21)Nc1cccc(O)c1. The number of aromatic nitrogens is 1. The quantitative estimate of drug-likeness (QED) is 0.760. The van der Waals surface area contributed by atoms with E-state index in [1.807, 2.05) is 35.0 Å². The molecule has 0 saturated heterocycles. The van der Waals surface area contributed by atoms with Crippen molar-refractivity contribution in [2.24, 2.45) is 0 Å². The molecule has 0 bridgehead atoms. The first-order valence-corrected chi connectivity index (χ1v) is 7.24. The minimum Gasteiger partial charge on any atom is -0.508 e. The van der Waals surface area contributed by atoms with E-state index in [0.29, 0.717) is 5.69 Å². The molecule has 0 spiro atoms. The molecule has 0 aliphatic carbocycles. The fourth-order valence-corrected chi connectivity index (χ4v) is 2.58. The van der Waals surface area contributed by atoms with Gasteiger partial charge < -0.3 is 15.0 Å². The van der Waals surface area contributed by atoms with E-state index in [1.54, 1.807) is 18.2 Å². The number of anilines is 1. The summed E-state index contributed by atoms with van der Waals surface area (Å²) >= 11 is 3.44. The van der Waals surface area contributed by atoms with E-state index in [4.69, 9.17) is 0 Å². The minimum absolute atomic E-state index is 0.128. The van der Waals surface area contributed by atoms with Gasteiger partial charge in [-0.05, 0) is 35.7 Å². The Bertz CT molecular complexity index is 811. The maximum absolute atomic E-state index is 12.1. The van der Waals surface area contributed by atoms with Crippen LogP contribution in [0.15, 0.2) is 59.2 Å². The lowest BCUT2D eigenvalue weighted by Gasteiger charge is -2.08. The van der Waals surface area contributed by atoms with Crippen LogP contribution in [0.25, 0.3) is 10.9 Å². The highest BCUT2D eigenvalue weighted by Gasteiger charge is 2.07. The lowest BCUT2D eigenvalue weighted by Crippen LogP contribution is -2.18. The van der Waals surface area contributed by atoms with Crippen molar-refractivity contribution >= 4 is 38.4 Å². The van der Waals surface area contributed by atoms with Crippen molar-refractivity contribution in [3.63, 3.8) is 0 Å². The number of hydrogen-bond acceptors (Lipinski definition) is 2. The highest BCUT2D eigenvalue weighted by molar-refractivity contribution is 9.10. The van der Waals surface area contributed by atoms with Crippen LogP contribution < -0.4 is 5.32 Å². The van der Waals surface area contributed by atoms with Crippen LogP contribution in [-0.2, 0) is 11.3 Å². The van der Waals surface area contributed by atoms with Crippen molar-refractivity contribution in [2.75, 3.05) is 5.32 Å². The number of carbonyl (C=O) groups is 1. The van der Waals surface area contributed by atoms with Gasteiger partial charge in [0.2, 0.25) is 5.91 Å². The largest absolute Gasteiger partial charge is 0.508 e. The molecule has 1 aromatic heterocycles. The van der Waals surface area contributed by atoms with E-state index < -0.39 is 0 Å². The van der Waals surface area contributed by atoms with Crippen LogP contribution in [0.1, 0.15) is 0 Å². The molecule has 5 heteroatoms. The molecule has 0 atom stereocenters. The van der Waals surface area contributed by atoms with E-state index >= 15 is 0 Å². The molecule has 3 aromatic rings. The zero-order valence-corrected chi connectivity index (χ0v) is 12.7. The molecule has 0 saturated carbocycles. The highest BCUT2D eigenvalue weighted by Crippen LogP contribution is 2.21. The standard InChI is InChI=1S/C16H13BrN2O2/c17-12-5-4-11-6-7-19(15(11)8-12)10-16(21)18-13-2-1-3-14(20)9-13/h1-9,20H,10H2,(H,18,21). The van der Waals surface area contributed by atoms with Crippen LogP contribution in [0.4, 0.5) is 5.69 Å². The van der Waals surface area contributed by atoms with Gasteiger partial charge in [0.25, 0.3) is 0 Å². The second-order valence-corrected chi connectivity index (χ2v) is 5.66. The monoisotopic (exact) mass is 344 g/mol. The summed E-state index contributed by atoms with van der Waals surface area (Å²) in [7, 11) is 0. The van der Waals surface area contributed by atoms with E-state index in [0.717, 1.165) is 15.4 Å². The second kappa shape index (κ2) is 5.61. The Kier molecular flexibility index (Phi) is 3.66. The summed E-state index contributed by atoms with van der Waals surface area (Å²) in [4.78, 5) is 12.1. The third-order valence-corrected chi connectivity index (χ3v) is 3.67. The van der Waals surface area contributed by atoms with Gasteiger partial charge in [0, 0.05) is 27.9 Å². The fourth-order valence-electron chi connectivity index (χ4n) is 2.23. The van der Waals surface area contributed by atoms with Crippen LogP contribution >= 0.6 is 15.9 Å². The van der Waals surface area contributed by atoms with Crippen molar-refractivity contribution in [3.05, 3.63) is 59.2 Å². The number of nitrogens with one attached hydrogen (secondary N) is 1. The first-order valence-electron chi connectivity index (χ1n) is 6.45. The van der Waals surface area contributed by atoms with Crippen LogP contribution in [-0.4, -0.2) is 15.6 Å². The third kappa shape index (κ3) is 3.08. The lowest BCUT2D eigenvalue weighted by molar-refractivity contribution is -0.116. The van der Waals surface area contributed by atoms with E-state index in [1.165, 1.54) is 6.07 Å². The molecule has 0 unspecified atom stereocenters. The number of hydrogen-bond donors (Lipinski definition) is 2. The molecule has 0 aliphatic rings. The Balaban J connectivity index is 1.79. The molecule has 4 nitrogen and oxygen atoms in total. The molecule has 1 heterocycles. The first-order chi connectivity index (χ1) is 10.1. The third-order valence-electron chi connectivity index (χ3n) is 3.18. The maximum Gasteiger partial charge on any atom is 0.244 e. The van der Waals surface area contributed by atoms with Gasteiger partial charge in [-0.1, -0.05) is 28.1 Å². The van der Waals surface area contributed by atoms with Gasteiger partial charge in [0.15, 0.2) is 0 Å². The summed E-state index contributed by atoms with van der Waals surface area (Å²) < 4.78 is 2.86. The van der Waals surface area contributed by atoms with Gasteiger partial charge in [-0.25, -0.2) is 0 Å². The molecule has 106 valence electrons. The van der Waals surface area contributed by atoms with Crippen LogP contribution in [0.5, 0.6) is 5.75 Å². The number of phenols is 1. The number of nitrogens with zero attached hydrogens (tertiary/aromatic N) is 1. The number of halogens is 1. The van der Waals surface area contributed by atoms with Gasteiger partial charge in [0.1, 0.15) is 12.3 Å². The molecule has 2 aromatic carbocycles. The summed E-state index contributed by atoms with van der Waals surface area (Å²) in [6, 6.07) is 14.4. The Hall–Kier alpha value is -2.27. The van der Waals surface area contributed by atoms with Gasteiger partial charge >= 0.3 is 0 Å². The predicted octanol–water partition coefficient (Wildman–Crippen LogP) is 3.75. The molecule has 0 fully saturated rings. The van der Waals surface area contributed by atoms with Crippen molar-refractivity contribution < 1.29 is 9.90 Å². The Morgan fingerprint density at radius 3 is 2.86 bits per heavy atom. The number of phenolic OH excluding ortho intramolecular Hbond substituents is 1. The number of aromatic hydroxyl groups is 1. The van der Waals surface area contributed by atoms with Crippen molar-refractivity contribution in [2.45, 2.75) is 6.54 Å². The Morgan fingerprint density at radius 2 is 2.05 bits per heavy atom. The molecule has 0 radical (unpaired) electrons. The van der Waals surface area contributed by atoms with Crippen LogP contribution in [0.2, 0.25) is 0 Å². The lowest BCUT2D eigenvalue weighted by atomic mass is 10.2. The average molecular weight is 345 g/mol. The number of rotatable bonds is 3. The summed E-state index contributed by atoms with van der Waals surface area (Å²) in [5, 5.41) is 13.2. The summed E-state index contributed by atoms with van der Waals surface area (Å²) in [5.74, 6) is -0.0128. The van der Waals surface area contributed by atoms with Gasteiger partial charge in [0.05, 0.1) is 0 Å². The van der Waals surface area contributed by atoms with Crippen molar-refractivity contribution in [1.29, 1.82) is 0 Å². The summed E-state index contributed by atoms with van der Waals surface area (Å²) in [6.45, 7) is 0.218. The molecule has 3 rings (SSSR count). The first kappa shape index (κ1) is 13.7. The van der Waals surface area contributed by atoms with E-state index in [9.17, 15) is 9.90 Å². The second-order valence-electron chi connectivity index (χ2n) is 4.75. The topological polar surface area (TPSA) is 54.3 Å². The van der Waals surface area contributed by atoms with E-state index in [2.05, 4.69) is 21.2 Å². The average Bonchev–Trinajstić information content (AvgIpc) is 2.81. The predicted molar refractivity (Wildman–Crippen MR) is 86.4 cm³/mol. The fraction of sp³-hybridized carbons (Fsp3) is 0.0625. The normalized spacial score (nSPS) is 10.7.